The Balaban J connectivity index is 1.90. The summed E-state index contributed by atoms with van der Waals surface area (Å²) in [6, 6.07) is 0. The number of allylic oxidation sites excluding steroid dienone is 3. The molecule has 1 nitrogen and oxygen atoms in total. The molecule has 0 aliphatic carbocycles. The molecule has 0 bridgehead atoms. The van der Waals surface area contributed by atoms with E-state index in [-0.39, 0.29) is 0 Å². The van der Waals surface area contributed by atoms with Gasteiger partial charge in [-0.05, 0) is 12.8 Å². The fourth-order valence-electron chi connectivity index (χ4n) is 3.75. The van der Waals surface area contributed by atoms with Crippen LogP contribution in [0.3, 0.4) is 0 Å². The summed E-state index contributed by atoms with van der Waals surface area (Å²) in [6.45, 7) is 4.60. The predicted molar refractivity (Wildman–Crippen MR) is 88.1 cm³/mol. The van der Waals surface area contributed by atoms with Gasteiger partial charge in [0.05, 0.1) is 5.41 Å². The molecule has 0 spiro atoms. The van der Waals surface area contributed by atoms with Crippen molar-refractivity contribution in [1.29, 1.82) is 0 Å². The Hall–Kier alpha value is -0.850. The second-order valence-electron chi connectivity index (χ2n) is 6.59. The Kier molecular flexibility index (Phi) is 6.06. The Morgan fingerprint density at radius 3 is 2.20 bits per heavy atom. The first-order valence-corrected chi connectivity index (χ1v) is 8.83. The monoisotopic (exact) mass is 274 g/mol. The van der Waals surface area contributed by atoms with Gasteiger partial charge < -0.3 is 0 Å². The Bertz CT molecular complexity index is 375. The Morgan fingerprint density at radius 1 is 0.950 bits per heavy atom. The van der Waals surface area contributed by atoms with Crippen LogP contribution in [-0.2, 0) is 0 Å². The second kappa shape index (κ2) is 7.81. The lowest BCUT2D eigenvalue weighted by atomic mass is 9.74. The molecular weight excluding hydrogens is 242 g/mol. The van der Waals surface area contributed by atoms with Gasteiger partial charge in [-0.25, -0.2) is 0 Å². The maximum atomic E-state index is 2.41. The molecule has 0 aromatic rings. The quantitative estimate of drug-likeness (QED) is 0.349. The van der Waals surface area contributed by atoms with Crippen LogP contribution in [0.2, 0.25) is 0 Å². The van der Waals surface area contributed by atoms with Crippen molar-refractivity contribution in [3.63, 3.8) is 0 Å². The van der Waals surface area contributed by atoms with E-state index in [4.69, 9.17) is 0 Å². The van der Waals surface area contributed by atoms with E-state index >= 15 is 0 Å². The van der Waals surface area contributed by atoms with Gasteiger partial charge in [0.1, 0.15) is 0 Å². The molecule has 0 amide bonds. The molecule has 2 heterocycles. The van der Waals surface area contributed by atoms with Gasteiger partial charge in [-0.1, -0.05) is 65.2 Å². The number of hydrogen-bond acceptors (Lipinski definition) is 0. The molecule has 0 fully saturated rings. The molecule has 112 valence electrons. The van der Waals surface area contributed by atoms with Crippen molar-refractivity contribution in [2.45, 2.75) is 84.5 Å². The van der Waals surface area contributed by atoms with Gasteiger partial charge in [-0.15, -0.1) is 0 Å². The van der Waals surface area contributed by atoms with Crippen molar-refractivity contribution in [3.05, 3.63) is 24.0 Å². The average Bonchev–Trinajstić information content (AvgIpc) is 3.04. The van der Waals surface area contributed by atoms with E-state index in [1.807, 2.05) is 0 Å². The van der Waals surface area contributed by atoms with E-state index in [9.17, 15) is 0 Å². The normalized spacial score (nSPS) is 19.1. The van der Waals surface area contributed by atoms with E-state index in [2.05, 4.69) is 43.0 Å². The first kappa shape index (κ1) is 15.5. The topological polar surface area (TPSA) is 3.01 Å². The molecule has 2 rings (SSSR count). The zero-order chi connectivity index (χ0) is 14.3. The second-order valence-corrected chi connectivity index (χ2v) is 6.59. The highest BCUT2D eigenvalue weighted by Gasteiger charge is 2.45. The van der Waals surface area contributed by atoms with E-state index in [0.717, 1.165) is 0 Å². The molecule has 1 heteroatoms. The summed E-state index contributed by atoms with van der Waals surface area (Å²) in [4.78, 5) is 0. The third-order valence-electron chi connectivity index (χ3n) is 5.02. The molecule has 0 saturated heterocycles. The van der Waals surface area contributed by atoms with E-state index in [1.165, 1.54) is 70.6 Å². The minimum Gasteiger partial charge on any atom is -0.174 e. The van der Waals surface area contributed by atoms with Crippen LogP contribution in [0.15, 0.2) is 24.0 Å². The van der Waals surface area contributed by atoms with Crippen LogP contribution in [0.1, 0.15) is 84.5 Å². The Morgan fingerprint density at radius 2 is 1.60 bits per heavy atom. The largest absolute Gasteiger partial charge is 0.193 e. The third kappa shape index (κ3) is 3.62. The van der Waals surface area contributed by atoms with E-state index in [1.54, 1.807) is 5.70 Å². The molecular formula is C19H32N+. The van der Waals surface area contributed by atoms with Gasteiger partial charge >= 0.3 is 0 Å². The fourth-order valence-corrected chi connectivity index (χ4v) is 3.75. The highest BCUT2D eigenvalue weighted by Crippen LogP contribution is 2.46. The van der Waals surface area contributed by atoms with Crippen LogP contribution >= 0.6 is 0 Å². The van der Waals surface area contributed by atoms with Gasteiger partial charge in [-0.3, -0.25) is 0 Å². The number of hydrogen-bond donors (Lipinski definition) is 0. The summed E-state index contributed by atoms with van der Waals surface area (Å²) in [5, 5.41) is 0. The van der Waals surface area contributed by atoms with Crippen LogP contribution in [0.25, 0.3) is 0 Å². The highest BCUT2D eigenvalue weighted by atomic mass is 15.0. The molecule has 0 atom stereocenters. The first-order valence-electron chi connectivity index (χ1n) is 8.83. The lowest BCUT2D eigenvalue weighted by molar-refractivity contribution is -0.396. The molecule has 0 saturated carbocycles. The standard InChI is InChI=1S/C19H32N/c1-3-5-7-9-13-19(14-10-8-6-4-2)15-17-20-16-11-12-18(19)20/h11-12,16-17H,3-10,13-15H2,1-2H3/q+1. The smallest absolute Gasteiger partial charge is 0.174 e. The molecule has 0 aromatic carbocycles. The van der Waals surface area contributed by atoms with Crippen molar-refractivity contribution in [3.8, 4) is 0 Å². The van der Waals surface area contributed by atoms with Crippen LogP contribution in [0, 0.1) is 5.41 Å². The number of unbranched alkanes of at least 4 members (excludes halogenated alkanes) is 6. The van der Waals surface area contributed by atoms with Crippen LogP contribution in [-0.4, -0.2) is 10.8 Å². The summed E-state index contributed by atoms with van der Waals surface area (Å²) in [7, 11) is 0. The van der Waals surface area contributed by atoms with Crippen LogP contribution in [0.4, 0.5) is 0 Å². The number of nitrogens with zero attached hydrogens (tertiary/aromatic N) is 1. The van der Waals surface area contributed by atoms with Gasteiger partial charge in [0.2, 0.25) is 0 Å². The maximum Gasteiger partial charge on any atom is 0.193 e. The van der Waals surface area contributed by atoms with Crippen LogP contribution < -0.4 is 0 Å². The third-order valence-corrected chi connectivity index (χ3v) is 5.02. The molecule has 0 N–H and O–H groups in total. The van der Waals surface area contributed by atoms with Gasteiger partial charge in [-0.2, -0.15) is 4.58 Å². The van der Waals surface area contributed by atoms with Crippen molar-refractivity contribution in [2.75, 3.05) is 0 Å². The van der Waals surface area contributed by atoms with Crippen molar-refractivity contribution < 1.29 is 4.58 Å². The van der Waals surface area contributed by atoms with Crippen LogP contribution in [0.5, 0.6) is 0 Å². The van der Waals surface area contributed by atoms with E-state index in [0.29, 0.717) is 5.41 Å². The lowest BCUT2D eigenvalue weighted by Crippen LogP contribution is -2.22. The minimum atomic E-state index is 0.463. The molecule has 20 heavy (non-hydrogen) atoms. The Labute approximate surface area is 125 Å². The SMILES string of the molecule is CCCCCCC1(CCCCCC)CC=[N+]2C=CC=C21. The van der Waals surface area contributed by atoms with Crippen molar-refractivity contribution in [1.82, 2.24) is 0 Å². The first-order chi connectivity index (χ1) is 9.82. The molecule has 0 unspecified atom stereocenters. The van der Waals surface area contributed by atoms with Crippen molar-refractivity contribution >= 4 is 6.21 Å². The molecule has 0 radical (unpaired) electrons. The summed E-state index contributed by atoms with van der Waals surface area (Å²) in [5.74, 6) is 0. The van der Waals surface area contributed by atoms with E-state index < -0.39 is 0 Å². The fraction of sp³-hybridized carbons (Fsp3) is 0.737. The van der Waals surface area contributed by atoms with Gasteiger partial charge in [0.15, 0.2) is 18.1 Å². The summed E-state index contributed by atoms with van der Waals surface area (Å²) < 4.78 is 2.39. The van der Waals surface area contributed by atoms with Gasteiger partial charge in [0, 0.05) is 18.6 Å². The predicted octanol–water partition coefficient (Wildman–Crippen LogP) is 5.81. The number of fused-ring (bicyclic) bond motifs is 1. The molecule has 0 aromatic heterocycles. The molecule has 2 aliphatic heterocycles. The molecule has 2 aliphatic rings. The summed E-state index contributed by atoms with van der Waals surface area (Å²) in [5.41, 5.74) is 2.05. The average molecular weight is 274 g/mol. The zero-order valence-corrected chi connectivity index (χ0v) is 13.5. The van der Waals surface area contributed by atoms with Crippen molar-refractivity contribution in [2.24, 2.45) is 5.41 Å². The summed E-state index contributed by atoms with van der Waals surface area (Å²) >= 11 is 0. The zero-order valence-electron chi connectivity index (χ0n) is 13.5. The summed E-state index contributed by atoms with van der Waals surface area (Å²) in [6.07, 6.45) is 24.4. The minimum absolute atomic E-state index is 0.463. The lowest BCUT2D eigenvalue weighted by Gasteiger charge is -2.26. The highest BCUT2D eigenvalue weighted by molar-refractivity contribution is 5.59. The number of rotatable bonds is 10. The maximum absolute atomic E-state index is 2.41. The van der Waals surface area contributed by atoms with Gasteiger partial charge in [0.25, 0.3) is 0 Å².